The van der Waals surface area contributed by atoms with E-state index in [4.69, 9.17) is 20.4 Å². The average molecular weight is 593 g/mol. The van der Waals surface area contributed by atoms with Crippen LogP contribution in [0.5, 0.6) is 0 Å². The van der Waals surface area contributed by atoms with Crippen LogP contribution in [0.25, 0.3) is 0 Å². The van der Waals surface area contributed by atoms with Gasteiger partial charge in [0, 0.05) is 25.2 Å². The molecule has 3 amide bonds. The Bertz CT molecular complexity index is 1210. The lowest BCUT2D eigenvalue weighted by molar-refractivity contribution is -0.192. The van der Waals surface area contributed by atoms with Crippen LogP contribution < -0.4 is 16.4 Å². The molecule has 1 aliphatic carbocycles. The summed E-state index contributed by atoms with van der Waals surface area (Å²) in [7, 11) is 0. The van der Waals surface area contributed by atoms with Crippen molar-refractivity contribution >= 4 is 17.9 Å². The highest BCUT2D eigenvalue weighted by Gasteiger charge is 2.42. The number of carbonyl (C=O) groups excluding carboxylic acids is 2. The summed E-state index contributed by atoms with van der Waals surface area (Å²) in [5, 5.41) is 12.7. The first-order valence-corrected chi connectivity index (χ1v) is 13.8. The van der Waals surface area contributed by atoms with E-state index in [2.05, 4.69) is 34.9 Å². The van der Waals surface area contributed by atoms with Crippen LogP contribution in [0.1, 0.15) is 49.8 Å². The fourth-order valence-electron chi connectivity index (χ4n) is 5.22. The van der Waals surface area contributed by atoms with E-state index in [1.54, 1.807) is 0 Å². The zero-order valence-electron chi connectivity index (χ0n) is 23.9. The Morgan fingerprint density at radius 3 is 2.21 bits per heavy atom. The second kappa shape index (κ2) is 14.0. The quantitative estimate of drug-likeness (QED) is 0.369. The summed E-state index contributed by atoms with van der Waals surface area (Å²) < 4.78 is 37.6. The van der Waals surface area contributed by atoms with Crippen molar-refractivity contribution in [2.45, 2.75) is 69.3 Å². The van der Waals surface area contributed by atoms with Gasteiger partial charge in [-0.3, -0.25) is 4.79 Å². The third-order valence-corrected chi connectivity index (χ3v) is 7.44. The first-order valence-electron chi connectivity index (χ1n) is 13.8. The van der Waals surface area contributed by atoms with Crippen molar-refractivity contribution in [3.63, 3.8) is 0 Å². The van der Waals surface area contributed by atoms with Crippen molar-refractivity contribution in [2.75, 3.05) is 26.2 Å². The molecule has 1 saturated heterocycles. The SMILES string of the molecule is CC(C)(N)CNC(=O)N[C@H](COCc1ccccc1)C(=O)N1CCC2(CCc3ccccc32)CC1.O=C(O)C(F)(F)F. The van der Waals surface area contributed by atoms with Crippen LogP contribution in [0, 0.1) is 0 Å². The number of fused-ring (bicyclic) bond motifs is 2. The number of alkyl halides is 3. The molecule has 1 spiro atoms. The summed E-state index contributed by atoms with van der Waals surface area (Å²) in [5.74, 6) is -2.85. The van der Waals surface area contributed by atoms with Gasteiger partial charge in [0.1, 0.15) is 6.04 Å². The number of nitrogens with one attached hydrogen (secondary N) is 2. The molecular weight excluding hydrogens is 553 g/mol. The van der Waals surface area contributed by atoms with Crippen LogP contribution >= 0.6 is 0 Å². The summed E-state index contributed by atoms with van der Waals surface area (Å²) in [4.78, 5) is 36.8. The molecule has 5 N–H and O–H groups in total. The molecule has 4 rings (SSSR count). The predicted octanol–water partition coefficient (Wildman–Crippen LogP) is 3.75. The van der Waals surface area contributed by atoms with Crippen molar-refractivity contribution in [3.8, 4) is 0 Å². The zero-order chi connectivity index (χ0) is 31.0. The minimum absolute atomic E-state index is 0.0960. The van der Waals surface area contributed by atoms with E-state index in [1.165, 1.54) is 11.1 Å². The molecule has 2 aliphatic rings. The van der Waals surface area contributed by atoms with Crippen LogP contribution in [0.15, 0.2) is 54.6 Å². The molecule has 2 aromatic rings. The Labute approximate surface area is 243 Å². The molecule has 0 aromatic heterocycles. The van der Waals surface area contributed by atoms with Crippen LogP contribution in [-0.4, -0.2) is 71.9 Å². The maximum absolute atomic E-state index is 13.5. The van der Waals surface area contributed by atoms with Crippen LogP contribution in [0.2, 0.25) is 0 Å². The number of benzene rings is 2. The Balaban J connectivity index is 0.000000616. The largest absolute Gasteiger partial charge is 0.490 e. The van der Waals surface area contributed by atoms with E-state index >= 15 is 0 Å². The van der Waals surface area contributed by atoms with Crippen molar-refractivity contribution in [3.05, 3.63) is 71.3 Å². The van der Waals surface area contributed by atoms with Gasteiger partial charge in [0.25, 0.3) is 0 Å². The van der Waals surface area contributed by atoms with Gasteiger partial charge in [-0.2, -0.15) is 13.2 Å². The number of nitrogens with zero attached hydrogens (tertiary/aromatic N) is 1. The summed E-state index contributed by atoms with van der Waals surface area (Å²) >= 11 is 0. The molecule has 0 unspecified atom stereocenters. The number of aryl methyl sites for hydroxylation is 1. The highest BCUT2D eigenvalue weighted by Crippen LogP contribution is 2.46. The molecule has 1 aliphatic heterocycles. The lowest BCUT2D eigenvalue weighted by atomic mass is 9.74. The number of ether oxygens (including phenoxy) is 1. The maximum atomic E-state index is 13.5. The fourth-order valence-corrected chi connectivity index (χ4v) is 5.22. The third kappa shape index (κ3) is 9.45. The van der Waals surface area contributed by atoms with E-state index in [1.807, 2.05) is 49.1 Å². The Kier molecular flexibility index (Phi) is 11.0. The predicted molar refractivity (Wildman–Crippen MR) is 151 cm³/mol. The van der Waals surface area contributed by atoms with Gasteiger partial charge in [-0.25, -0.2) is 9.59 Å². The third-order valence-electron chi connectivity index (χ3n) is 7.44. The molecule has 42 heavy (non-hydrogen) atoms. The van der Waals surface area contributed by atoms with Crippen LogP contribution in [0.3, 0.4) is 0 Å². The molecule has 0 saturated carbocycles. The van der Waals surface area contributed by atoms with E-state index in [0.29, 0.717) is 26.2 Å². The van der Waals surface area contributed by atoms with Gasteiger partial charge in [-0.15, -0.1) is 0 Å². The fraction of sp³-hybridized carbons (Fsp3) is 0.500. The molecule has 230 valence electrons. The van der Waals surface area contributed by atoms with Crippen LogP contribution in [0.4, 0.5) is 18.0 Å². The minimum Gasteiger partial charge on any atom is -0.475 e. The Morgan fingerprint density at radius 1 is 1.02 bits per heavy atom. The smallest absolute Gasteiger partial charge is 0.475 e. The van der Waals surface area contributed by atoms with Gasteiger partial charge in [0.2, 0.25) is 5.91 Å². The maximum Gasteiger partial charge on any atom is 0.490 e. The molecule has 9 nitrogen and oxygen atoms in total. The molecular formula is C30H39F3N4O5. The van der Waals surface area contributed by atoms with Gasteiger partial charge in [-0.1, -0.05) is 54.6 Å². The zero-order valence-corrected chi connectivity index (χ0v) is 23.9. The number of carbonyl (C=O) groups is 3. The van der Waals surface area contributed by atoms with Gasteiger partial charge >= 0.3 is 18.2 Å². The number of hydrogen-bond acceptors (Lipinski definition) is 5. The molecule has 1 heterocycles. The molecule has 0 radical (unpaired) electrons. The number of aliphatic carboxylic acids is 1. The molecule has 1 fully saturated rings. The van der Waals surface area contributed by atoms with Crippen molar-refractivity contribution in [2.24, 2.45) is 5.73 Å². The Morgan fingerprint density at radius 2 is 1.62 bits per heavy atom. The van der Waals surface area contributed by atoms with E-state index in [0.717, 1.165) is 31.2 Å². The minimum atomic E-state index is -5.08. The molecule has 1 atom stereocenters. The second-order valence-corrected chi connectivity index (χ2v) is 11.4. The van der Waals surface area contributed by atoms with Crippen molar-refractivity contribution < 1.29 is 37.4 Å². The summed E-state index contributed by atoms with van der Waals surface area (Å²) in [6.45, 7) is 5.83. The number of nitrogens with two attached hydrogens (primary N) is 1. The van der Waals surface area contributed by atoms with Gasteiger partial charge in [0.05, 0.1) is 13.2 Å². The average Bonchev–Trinajstić information content (AvgIpc) is 3.29. The van der Waals surface area contributed by atoms with Crippen LogP contribution in [-0.2, 0) is 32.8 Å². The topological polar surface area (TPSA) is 134 Å². The molecule has 12 heteroatoms. The highest BCUT2D eigenvalue weighted by molar-refractivity contribution is 5.87. The summed E-state index contributed by atoms with van der Waals surface area (Å²) in [6, 6.07) is 17.3. The van der Waals surface area contributed by atoms with E-state index in [-0.39, 0.29) is 17.9 Å². The van der Waals surface area contributed by atoms with Gasteiger partial charge in [-0.05, 0) is 61.6 Å². The number of rotatable bonds is 8. The number of urea groups is 1. The molecule has 0 bridgehead atoms. The van der Waals surface area contributed by atoms with Crippen molar-refractivity contribution in [1.29, 1.82) is 0 Å². The first kappa shape index (κ1) is 32.9. The monoisotopic (exact) mass is 592 g/mol. The lowest BCUT2D eigenvalue weighted by Gasteiger charge is -2.41. The van der Waals surface area contributed by atoms with E-state index < -0.39 is 29.8 Å². The number of carboxylic acids is 1. The Hall–Kier alpha value is -3.64. The highest BCUT2D eigenvalue weighted by atomic mass is 19.4. The lowest BCUT2D eigenvalue weighted by Crippen LogP contribution is -2.57. The number of carboxylic acid groups (broad SMARTS) is 1. The number of likely N-dealkylation sites (tertiary alicyclic amines) is 1. The summed E-state index contributed by atoms with van der Waals surface area (Å²) in [6.07, 6.45) is -0.936. The number of halogens is 3. The first-order chi connectivity index (χ1) is 19.7. The normalized spacial score (nSPS) is 16.6. The van der Waals surface area contributed by atoms with Crippen molar-refractivity contribution in [1.82, 2.24) is 15.5 Å². The summed E-state index contributed by atoms with van der Waals surface area (Å²) in [5.41, 5.74) is 9.53. The number of piperidine rings is 1. The van der Waals surface area contributed by atoms with Gasteiger partial charge in [0.15, 0.2) is 0 Å². The standard InChI is InChI=1S/C28H38N4O3.C2HF3O2/c1-27(2,29)20-30-26(34)31-24(19-35-18-21-8-4-3-5-9-21)25(33)32-16-14-28(15-17-32)13-12-22-10-6-7-11-23(22)28;3-2(4,5)1(6)7/h3-11,24H,12-20,29H2,1-2H3,(H2,30,31,34);(H,6,7)/t24-;/m1./s1. The number of amides is 3. The number of hydrogen-bond donors (Lipinski definition) is 4. The van der Waals surface area contributed by atoms with E-state index in [9.17, 15) is 22.8 Å². The second-order valence-electron chi connectivity index (χ2n) is 11.4. The molecule has 2 aromatic carbocycles. The van der Waals surface area contributed by atoms with Gasteiger partial charge < -0.3 is 31.1 Å².